The van der Waals surface area contributed by atoms with Crippen LogP contribution in [0.2, 0.25) is 26.2 Å². The van der Waals surface area contributed by atoms with Gasteiger partial charge in [-0.2, -0.15) is 0 Å². The number of benzene rings is 3. The lowest BCUT2D eigenvalue weighted by molar-refractivity contribution is 1.57. The first kappa shape index (κ1) is 23.7. The largest absolute Gasteiger partial charge is 0.113 e. The minimum Gasteiger partial charge on any atom is -0.0988 e. The molecule has 0 radical (unpaired) electrons. The quantitative estimate of drug-likeness (QED) is 0.316. The highest BCUT2D eigenvalue weighted by atomic mass is 28.3. The molecule has 0 heterocycles. The second-order valence-corrected chi connectivity index (χ2v) is 18.2. The monoisotopic (exact) mass is 450 g/mol. The molecule has 3 aromatic carbocycles. The zero-order chi connectivity index (χ0) is 23.5. The van der Waals surface area contributed by atoms with E-state index in [1.807, 2.05) is 12.2 Å². The Morgan fingerprint density at radius 1 is 0.594 bits per heavy atom. The van der Waals surface area contributed by atoms with E-state index in [0.717, 1.165) is 0 Å². The van der Waals surface area contributed by atoms with Gasteiger partial charge in [-0.1, -0.05) is 142 Å². The molecule has 32 heavy (non-hydrogen) atoms. The van der Waals surface area contributed by atoms with E-state index in [0.29, 0.717) is 0 Å². The van der Waals surface area contributed by atoms with Crippen LogP contribution in [0.25, 0.3) is 22.5 Å². The molecule has 2 heteroatoms. The van der Waals surface area contributed by atoms with Crippen LogP contribution in [-0.2, 0) is 0 Å². The molecule has 0 N–H and O–H groups in total. The molecule has 0 aliphatic carbocycles. The molecule has 3 aromatic rings. The van der Waals surface area contributed by atoms with Crippen molar-refractivity contribution < 1.29 is 0 Å². The van der Waals surface area contributed by atoms with E-state index in [-0.39, 0.29) is 0 Å². The molecule has 0 amide bonds. The summed E-state index contributed by atoms with van der Waals surface area (Å²) in [6.07, 6.45) is 3.92. The summed E-state index contributed by atoms with van der Waals surface area (Å²) in [5.41, 5.74) is 4.84. The topological polar surface area (TPSA) is 0 Å². The normalized spacial score (nSPS) is 11.6. The molecule has 162 valence electrons. The third-order valence-electron chi connectivity index (χ3n) is 6.78. The molecule has 0 bridgehead atoms. The zero-order valence-corrected chi connectivity index (χ0v) is 21.9. The van der Waals surface area contributed by atoms with Gasteiger partial charge in [0.25, 0.3) is 0 Å². The van der Waals surface area contributed by atoms with E-state index in [1.54, 1.807) is 0 Å². The van der Waals surface area contributed by atoms with Gasteiger partial charge in [-0.3, -0.25) is 0 Å². The average molecular weight is 451 g/mol. The maximum absolute atomic E-state index is 4.59. The summed E-state index contributed by atoms with van der Waals surface area (Å²) in [4.78, 5) is 0. The fourth-order valence-electron chi connectivity index (χ4n) is 4.43. The third-order valence-corrected chi connectivity index (χ3v) is 14.0. The maximum atomic E-state index is 4.59. The molecule has 0 atom stereocenters. The summed E-state index contributed by atoms with van der Waals surface area (Å²) in [6, 6.07) is 26.0. The van der Waals surface area contributed by atoms with E-state index < -0.39 is 16.1 Å². The van der Waals surface area contributed by atoms with Gasteiger partial charge in [0.15, 0.2) is 0 Å². The van der Waals surface area contributed by atoms with Gasteiger partial charge in [-0.25, -0.2) is 0 Å². The summed E-state index contributed by atoms with van der Waals surface area (Å²) in [7, 11) is -3.94. The van der Waals surface area contributed by atoms with Gasteiger partial charge >= 0.3 is 0 Å². The van der Waals surface area contributed by atoms with Crippen LogP contribution >= 0.6 is 0 Å². The average Bonchev–Trinajstić information content (AvgIpc) is 2.82. The standard InChI is InChI=1S/C30H34Si2/c1-9-25-16-11-13-20-29(25)31(5,6)23(3)27-18-15-19-28(22-27)24(4)32(7,8)30-21-14-12-17-26(30)10-2/h9-22H,1-4H2,5-8H3. The van der Waals surface area contributed by atoms with Crippen LogP contribution in [0.15, 0.2) is 99.1 Å². The van der Waals surface area contributed by atoms with E-state index in [1.165, 1.54) is 43.0 Å². The van der Waals surface area contributed by atoms with Crippen molar-refractivity contribution in [3.63, 3.8) is 0 Å². The van der Waals surface area contributed by atoms with E-state index >= 15 is 0 Å². The molecule has 0 aromatic heterocycles. The van der Waals surface area contributed by atoms with Crippen LogP contribution in [0.4, 0.5) is 0 Å². The molecule has 3 rings (SSSR count). The fraction of sp³-hybridized carbons (Fsp3) is 0.133. The number of hydrogen-bond donors (Lipinski definition) is 0. The fourth-order valence-corrected chi connectivity index (χ4v) is 9.67. The van der Waals surface area contributed by atoms with Crippen molar-refractivity contribution in [1.29, 1.82) is 0 Å². The van der Waals surface area contributed by atoms with Crippen LogP contribution < -0.4 is 10.4 Å². The summed E-state index contributed by atoms with van der Waals surface area (Å²) >= 11 is 0. The van der Waals surface area contributed by atoms with Gasteiger partial charge < -0.3 is 0 Å². The molecule has 0 saturated heterocycles. The Morgan fingerprint density at radius 3 is 1.34 bits per heavy atom. The lowest BCUT2D eigenvalue weighted by atomic mass is 10.1. The Kier molecular flexibility index (Phi) is 6.87. The van der Waals surface area contributed by atoms with Gasteiger partial charge in [0.05, 0.1) is 0 Å². The number of hydrogen-bond acceptors (Lipinski definition) is 0. The van der Waals surface area contributed by atoms with E-state index in [9.17, 15) is 0 Å². The highest BCUT2D eigenvalue weighted by Crippen LogP contribution is 2.30. The second-order valence-electron chi connectivity index (χ2n) is 9.37. The molecule has 0 unspecified atom stereocenters. The molecule has 0 aliphatic heterocycles. The summed E-state index contributed by atoms with van der Waals surface area (Å²) in [6.45, 7) is 26.7. The van der Waals surface area contributed by atoms with Crippen LogP contribution in [0.5, 0.6) is 0 Å². The van der Waals surface area contributed by atoms with Crippen LogP contribution in [-0.4, -0.2) is 16.1 Å². The van der Waals surface area contributed by atoms with Gasteiger partial charge in [0.1, 0.15) is 16.1 Å². The highest BCUT2D eigenvalue weighted by Gasteiger charge is 2.32. The zero-order valence-electron chi connectivity index (χ0n) is 19.9. The molecular weight excluding hydrogens is 417 g/mol. The maximum Gasteiger partial charge on any atom is 0.113 e. The predicted octanol–water partition coefficient (Wildman–Crippen LogP) is 7.31. The highest BCUT2D eigenvalue weighted by molar-refractivity contribution is 7.05. The third kappa shape index (κ3) is 4.34. The first-order chi connectivity index (χ1) is 15.1. The Labute approximate surface area is 196 Å². The van der Waals surface area contributed by atoms with Crippen LogP contribution in [0.3, 0.4) is 0 Å². The van der Waals surface area contributed by atoms with E-state index in [2.05, 4.69) is 125 Å². The van der Waals surface area contributed by atoms with Crippen LogP contribution in [0.1, 0.15) is 22.3 Å². The van der Waals surface area contributed by atoms with Crippen molar-refractivity contribution in [2.75, 3.05) is 0 Å². The molecule has 0 nitrogen and oxygen atoms in total. The minimum absolute atomic E-state index is 1.21. The molecule has 0 aliphatic rings. The summed E-state index contributed by atoms with van der Waals surface area (Å²) < 4.78 is 0. The first-order valence-corrected chi connectivity index (χ1v) is 17.1. The Morgan fingerprint density at radius 2 is 0.969 bits per heavy atom. The van der Waals surface area contributed by atoms with E-state index in [4.69, 9.17) is 0 Å². The summed E-state index contributed by atoms with van der Waals surface area (Å²) in [5, 5.41) is 5.21. The Hall–Kier alpha value is -2.95. The van der Waals surface area contributed by atoms with Crippen molar-refractivity contribution in [3.05, 3.63) is 121 Å². The lowest BCUT2D eigenvalue weighted by Crippen LogP contribution is -2.44. The lowest BCUT2D eigenvalue weighted by Gasteiger charge is -2.30. The van der Waals surface area contributed by atoms with Crippen molar-refractivity contribution in [2.24, 2.45) is 0 Å². The SMILES string of the molecule is C=Cc1ccccc1[Si](C)(C)C(=C)c1cccc(C(=C)[Si](C)(C)c2ccccc2C=C)c1. The van der Waals surface area contributed by atoms with Gasteiger partial charge in [0, 0.05) is 0 Å². The van der Waals surface area contributed by atoms with Crippen molar-refractivity contribution in [3.8, 4) is 0 Å². The predicted molar refractivity (Wildman–Crippen MR) is 152 cm³/mol. The van der Waals surface area contributed by atoms with Crippen LogP contribution in [0, 0.1) is 0 Å². The molecule has 0 saturated carbocycles. The Balaban J connectivity index is 2.01. The van der Waals surface area contributed by atoms with Gasteiger partial charge in [0.2, 0.25) is 0 Å². The Bertz CT molecular complexity index is 1100. The first-order valence-electron chi connectivity index (χ1n) is 11.1. The molecule has 0 spiro atoms. The van der Waals surface area contributed by atoms with Gasteiger partial charge in [-0.15, -0.1) is 0 Å². The van der Waals surface area contributed by atoms with Gasteiger partial charge in [-0.05, 0) is 38.7 Å². The second kappa shape index (κ2) is 9.27. The minimum atomic E-state index is -1.97. The van der Waals surface area contributed by atoms with Crippen molar-refractivity contribution >= 4 is 49.1 Å². The molecular formula is C30H34Si2. The van der Waals surface area contributed by atoms with Crippen molar-refractivity contribution in [1.82, 2.24) is 0 Å². The van der Waals surface area contributed by atoms with Crippen molar-refractivity contribution in [2.45, 2.75) is 26.2 Å². The smallest absolute Gasteiger partial charge is 0.0988 e. The molecule has 0 fully saturated rings. The number of rotatable bonds is 8. The summed E-state index contributed by atoms with van der Waals surface area (Å²) in [5.74, 6) is 0.